The molecule has 0 heterocycles. The van der Waals surface area contributed by atoms with Crippen LogP contribution in [0.1, 0.15) is 31.9 Å². The van der Waals surface area contributed by atoms with Gasteiger partial charge in [-0.25, -0.2) is 0 Å². The molecule has 0 amide bonds. The van der Waals surface area contributed by atoms with Gasteiger partial charge >= 0.3 is 0 Å². The van der Waals surface area contributed by atoms with Gasteiger partial charge in [0.2, 0.25) is 0 Å². The maximum absolute atomic E-state index is 6.02. The van der Waals surface area contributed by atoms with Crippen LogP contribution in [0.4, 0.5) is 0 Å². The minimum absolute atomic E-state index is 0.140. The van der Waals surface area contributed by atoms with Crippen molar-refractivity contribution in [3.63, 3.8) is 0 Å². The van der Waals surface area contributed by atoms with E-state index in [4.69, 9.17) is 26.9 Å². The molecule has 0 aliphatic carbocycles. The van der Waals surface area contributed by atoms with Gasteiger partial charge in [0.1, 0.15) is 5.75 Å². The molecule has 0 radical (unpaired) electrons. The fraction of sp³-hybridized carbons (Fsp3) is 0.538. The molecule has 18 heavy (non-hydrogen) atoms. The molecule has 4 nitrogen and oxygen atoms in total. The number of hydrogen-bond donors (Lipinski definition) is 2. The summed E-state index contributed by atoms with van der Waals surface area (Å²) in [5.41, 5.74) is 3.39. The summed E-state index contributed by atoms with van der Waals surface area (Å²) in [5.74, 6) is 6.30. The Morgan fingerprint density at radius 1 is 1.44 bits per heavy atom. The number of hydrazine groups is 1. The van der Waals surface area contributed by atoms with Gasteiger partial charge in [0.25, 0.3) is 0 Å². The lowest BCUT2D eigenvalue weighted by Crippen LogP contribution is -2.45. The summed E-state index contributed by atoms with van der Waals surface area (Å²) in [6.45, 7) is 4.07. The molecule has 1 aromatic carbocycles. The Balaban J connectivity index is 3.16. The predicted octanol–water partition coefficient (Wildman–Crippen LogP) is 2.67. The first-order valence-electron chi connectivity index (χ1n) is 5.87. The average molecular weight is 273 g/mol. The molecule has 2 unspecified atom stereocenters. The number of hydrogen-bond acceptors (Lipinski definition) is 4. The van der Waals surface area contributed by atoms with E-state index in [1.807, 2.05) is 19.1 Å². The number of halogens is 1. The highest BCUT2D eigenvalue weighted by Crippen LogP contribution is 2.34. The monoisotopic (exact) mass is 272 g/mol. The molecule has 0 bridgehead atoms. The molecule has 1 aromatic rings. The Labute approximate surface area is 113 Å². The van der Waals surface area contributed by atoms with Gasteiger partial charge in [-0.05, 0) is 31.0 Å². The molecular formula is C13H21ClN2O2. The third-order valence-corrected chi connectivity index (χ3v) is 3.77. The van der Waals surface area contributed by atoms with Crippen molar-refractivity contribution >= 4 is 11.6 Å². The third kappa shape index (κ3) is 2.95. The van der Waals surface area contributed by atoms with E-state index in [0.717, 1.165) is 12.0 Å². The normalized spacial score (nSPS) is 16.1. The third-order valence-electron chi connectivity index (χ3n) is 3.45. The van der Waals surface area contributed by atoms with Crippen LogP contribution in [0, 0.1) is 0 Å². The highest BCUT2D eigenvalue weighted by Gasteiger charge is 2.33. The summed E-state index contributed by atoms with van der Waals surface area (Å²) in [7, 11) is 3.27. The van der Waals surface area contributed by atoms with E-state index in [2.05, 4.69) is 12.3 Å². The largest absolute Gasteiger partial charge is 0.495 e. The van der Waals surface area contributed by atoms with E-state index in [1.54, 1.807) is 20.3 Å². The second-order valence-corrected chi connectivity index (χ2v) is 4.77. The van der Waals surface area contributed by atoms with Gasteiger partial charge in [-0.3, -0.25) is 11.3 Å². The molecule has 0 fully saturated rings. The summed E-state index contributed by atoms with van der Waals surface area (Å²) >= 11 is 6.02. The SMILES string of the molecule is CCC(C)(OC)C(NN)c1ccc(Cl)c(OC)c1. The zero-order valence-corrected chi connectivity index (χ0v) is 12.0. The first-order valence-corrected chi connectivity index (χ1v) is 6.25. The molecule has 1 rings (SSSR count). The summed E-state index contributed by atoms with van der Waals surface area (Å²) in [5, 5.41) is 0.577. The highest BCUT2D eigenvalue weighted by molar-refractivity contribution is 6.32. The van der Waals surface area contributed by atoms with Crippen LogP contribution in [0.15, 0.2) is 18.2 Å². The van der Waals surface area contributed by atoms with E-state index in [9.17, 15) is 0 Å². The van der Waals surface area contributed by atoms with Gasteiger partial charge in [0.05, 0.1) is 23.8 Å². The lowest BCUT2D eigenvalue weighted by Gasteiger charge is -2.35. The number of methoxy groups -OCH3 is 2. The highest BCUT2D eigenvalue weighted by atomic mass is 35.5. The van der Waals surface area contributed by atoms with Gasteiger partial charge < -0.3 is 9.47 Å². The minimum atomic E-state index is -0.395. The molecule has 0 saturated heterocycles. The summed E-state index contributed by atoms with van der Waals surface area (Å²) < 4.78 is 10.8. The van der Waals surface area contributed by atoms with Crippen molar-refractivity contribution in [1.29, 1.82) is 0 Å². The molecule has 0 aliphatic rings. The molecule has 0 saturated carbocycles. The Kier molecular flexibility index (Phi) is 5.41. The second kappa shape index (κ2) is 6.38. The van der Waals surface area contributed by atoms with Crippen LogP contribution < -0.4 is 16.0 Å². The molecule has 5 heteroatoms. The van der Waals surface area contributed by atoms with E-state index in [1.165, 1.54) is 0 Å². The molecule has 3 N–H and O–H groups in total. The van der Waals surface area contributed by atoms with Crippen LogP contribution in [0.25, 0.3) is 0 Å². The average Bonchev–Trinajstić information content (AvgIpc) is 2.40. The van der Waals surface area contributed by atoms with Gasteiger partial charge in [-0.2, -0.15) is 0 Å². The number of benzene rings is 1. The molecule has 102 valence electrons. The summed E-state index contributed by atoms with van der Waals surface area (Å²) in [6, 6.07) is 5.45. The number of nitrogens with one attached hydrogen (secondary N) is 1. The molecule has 0 spiro atoms. The zero-order valence-electron chi connectivity index (χ0n) is 11.3. The number of ether oxygens (including phenoxy) is 2. The first-order chi connectivity index (χ1) is 8.52. The van der Waals surface area contributed by atoms with Crippen molar-refractivity contribution in [3.8, 4) is 5.75 Å². The Morgan fingerprint density at radius 2 is 2.11 bits per heavy atom. The zero-order chi connectivity index (χ0) is 13.8. The van der Waals surface area contributed by atoms with Crippen molar-refractivity contribution in [3.05, 3.63) is 28.8 Å². The van der Waals surface area contributed by atoms with Gasteiger partial charge in [-0.1, -0.05) is 24.6 Å². The molecule has 0 aromatic heterocycles. The van der Waals surface area contributed by atoms with Crippen LogP contribution >= 0.6 is 11.6 Å². The second-order valence-electron chi connectivity index (χ2n) is 4.36. The molecule has 2 atom stereocenters. The Hall–Kier alpha value is -0.810. The van der Waals surface area contributed by atoms with Crippen molar-refractivity contribution < 1.29 is 9.47 Å². The van der Waals surface area contributed by atoms with E-state index >= 15 is 0 Å². The quantitative estimate of drug-likeness (QED) is 0.617. The van der Waals surface area contributed by atoms with Gasteiger partial charge in [-0.15, -0.1) is 0 Å². The molecule has 0 aliphatic heterocycles. The van der Waals surface area contributed by atoms with Crippen molar-refractivity contribution in [2.24, 2.45) is 5.84 Å². The summed E-state index contributed by atoms with van der Waals surface area (Å²) in [4.78, 5) is 0. The smallest absolute Gasteiger partial charge is 0.137 e. The van der Waals surface area contributed by atoms with Crippen LogP contribution in [0.5, 0.6) is 5.75 Å². The van der Waals surface area contributed by atoms with E-state index in [-0.39, 0.29) is 6.04 Å². The predicted molar refractivity (Wildman–Crippen MR) is 73.8 cm³/mol. The van der Waals surface area contributed by atoms with Crippen LogP contribution in [-0.2, 0) is 4.74 Å². The van der Waals surface area contributed by atoms with Crippen molar-refractivity contribution in [2.45, 2.75) is 31.9 Å². The van der Waals surface area contributed by atoms with Crippen LogP contribution in [0.2, 0.25) is 5.02 Å². The first kappa shape index (κ1) is 15.2. The lowest BCUT2D eigenvalue weighted by molar-refractivity contribution is -0.0300. The number of nitrogens with two attached hydrogens (primary N) is 1. The Bertz CT molecular complexity index is 395. The maximum atomic E-state index is 6.02. The van der Waals surface area contributed by atoms with Gasteiger partial charge in [0, 0.05) is 7.11 Å². The molecular weight excluding hydrogens is 252 g/mol. The summed E-state index contributed by atoms with van der Waals surface area (Å²) in [6.07, 6.45) is 0.823. The van der Waals surface area contributed by atoms with Crippen LogP contribution in [-0.4, -0.2) is 19.8 Å². The Morgan fingerprint density at radius 3 is 2.56 bits per heavy atom. The minimum Gasteiger partial charge on any atom is -0.495 e. The van der Waals surface area contributed by atoms with Crippen molar-refractivity contribution in [1.82, 2.24) is 5.43 Å². The van der Waals surface area contributed by atoms with E-state index in [0.29, 0.717) is 10.8 Å². The fourth-order valence-corrected chi connectivity index (χ4v) is 2.14. The van der Waals surface area contributed by atoms with Crippen LogP contribution in [0.3, 0.4) is 0 Å². The van der Waals surface area contributed by atoms with Crippen molar-refractivity contribution in [2.75, 3.05) is 14.2 Å². The standard InChI is InChI=1S/C13H21ClN2O2/c1-5-13(2,18-4)12(16-15)9-6-7-10(14)11(8-9)17-3/h6-8,12,16H,5,15H2,1-4H3. The maximum Gasteiger partial charge on any atom is 0.137 e. The topological polar surface area (TPSA) is 56.5 Å². The van der Waals surface area contributed by atoms with Gasteiger partial charge in [0.15, 0.2) is 0 Å². The lowest BCUT2D eigenvalue weighted by atomic mass is 9.88. The fourth-order valence-electron chi connectivity index (χ4n) is 1.95. The van der Waals surface area contributed by atoms with E-state index < -0.39 is 5.60 Å². The number of rotatable bonds is 6.